The molecule has 2 N–H and O–H groups in total. The Labute approximate surface area is 136 Å². The predicted octanol–water partition coefficient (Wildman–Crippen LogP) is 4.18. The van der Waals surface area contributed by atoms with Crippen LogP contribution in [-0.4, -0.2) is 9.78 Å². The third kappa shape index (κ3) is 3.32. The van der Waals surface area contributed by atoms with Crippen molar-refractivity contribution in [1.29, 1.82) is 0 Å². The molecule has 0 aliphatic carbocycles. The molecule has 0 unspecified atom stereocenters. The van der Waals surface area contributed by atoms with E-state index in [0.29, 0.717) is 21.8 Å². The first-order valence-electron chi connectivity index (χ1n) is 6.59. The van der Waals surface area contributed by atoms with E-state index in [9.17, 15) is 4.39 Å². The van der Waals surface area contributed by atoms with E-state index in [1.165, 1.54) is 12.1 Å². The fourth-order valence-electron chi connectivity index (χ4n) is 2.03. The maximum absolute atomic E-state index is 13.2. The Balaban J connectivity index is 2.26. The van der Waals surface area contributed by atoms with Crippen molar-refractivity contribution < 1.29 is 9.13 Å². The zero-order chi connectivity index (χ0) is 15.6. The van der Waals surface area contributed by atoms with Gasteiger partial charge in [0.2, 0.25) is 0 Å². The highest BCUT2D eigenvalue weighted by molar-refractivity contribution is 9.10. The van der Waals surface area contributed by atoms with Crippen molar-refractivity contribution in [3.63, 3.8) is 0 Å². The lowest BCUT2D eigenvalue weighted by atomic mass is 10.3. The fraction of sp³-hybridized carbons (Fsp3) is 0.357. The largest absolute Gasteiger partial charge is 0.484 e. The molecular weight excluding hydrogens is 361 g/mol. The average Bonchev–Trinajstić information content (AvgIpc) is 2.73. The third-order valence-corrected chi connectivity index (χ3v) is 4.11. The van der Waals surface area contributed by atoms with E-state index < -0.39 is 5.82 Å². The topological polar surface area (TPSA) is 53.1 Å². The summed E-state index contributed by atoms with van der Waals surface area (Å²) in [5.41, 5.74) is 7.63. The second kappa shape index (κ2) is 6.66. The van der Waals surface area contributed by atoms with Crippen molar-refractivity contribution in [2.45, 2.75) is 33.4 Å². The van der Waals surface area contributed by atoms with Crippen LogP contribution in [0.5, 0.6) is 5.75 Å². The third-order valence-electron chi connectivity index (χ3n) is 3.08. The molecule has 1 aromatic carbocycles. The van der Waals surface area contributed by atoms with Gasteiger partial charge in [-0.05, 0) is 35.3 Å². The number of anilines is 1. The first-order valence-corrected chi connectivity index (χ1v) is 7.76. The summed E-state index contributed by atoms with van der Waals surface area (Å²) in [5, 5.41) is 5.03. The van der Waals surface area contributed by atoms with Crippen LogP contribution in [0, 0.1) is 5.82 Å². The molecule has 2 rings (SSSR count). The molecule has 0 atom stereocenters. The number of rotatable bonds is 5. The second-order valence-corrected chi connectivity index (χ2v) is 5.70. The van der Waals surface area contributed by atoms with Crippen molar-refractivity contribution in [2.75, 3.05) is 5.73 Å². The molecule has 1 aromatic heterocycles. The summed E-state index contributed by atoms with van der Waals surface area (Å²) in [6, 6.07) is 2.53. The second-order valence-electron chi connectivity index (χ2n) is 4.47. The minimum absolute atomic E-state index is 0.216. The van der Waals surface area contributed by atoms with E-state index in [4.69, 9.17) is 22.1 Å². The van der Waals surface area contributed by atoms with Crippen molar-refractivity contribution in [3.8, 4) is 5.75 Å². The van der Waals surface area contributed by atoms with Gasteiger partial charge < -0.3 is 10.5 Å². The van der Waals surface area contributed by atoms with Gasteiger partial charge in [-0.1, -0.05) is 18.5 Å². The van der Waals surface area contributed by atoms with Crippen molar-refractivity contribution in [1.82, 2.24) is 9.78 Å². The molecule has 1 heterocycles. The molecular formula is C14H16BrClFN3O. The molecule has 114 valence electrons. The number of nitrogens with zero attached hydrogens (tertiary/aromatic N) is 2. The molecule has 0 radical (unpaired) electrons. The quantitative estimate of drug-likeness (QED) is 0.796. The standard InChI is InChI=1S/C14H16BrClFN3O/c1-3-11-13(16)12(20(4-2)19-11)7-21-14-9(15)5-8(17)6-10(14)18/h5-6H,3-4,7,18H2,1-2H3. The smallest absolute Gasteiger partial charge is 0.157 e. The number of aryl methyl sites for hydroxylation is 2. The van der Waals surface area contributed by atoms with Crippen LogP contribution in [-0.2, 0) is 19.6 Å². The van der Waals surface area contributed by atoms with E-state index in [0.717, 1.165) is 17.8 Å². The van der Waals surface area contributed by atoms with E-state index >= 15 is 0 Å². The number of aromatic nitrogens is 2. The minimum atomic E-state index is -0.420. The number of ether oxygens (including phenoxy) is 1. The summed E-state index contributed by atoms with van der Waals surface area (Å²) < 4.78 is 21.2. The summed E-state index contributed by atoms with van der Waals surface area (Å²) in [6.07, 6.45) is 0.751. The van der Waals surface area contributed by atoms with Gasteiger partial charge in [0.25, 0.3) is 0 Å². The van der Waals surface area contributed by atoms with E-state index in [1.54, 1.807) is 4.68 Å². The minimum Gasteiger partial charge on any atom is -0.484 e. The van der Waals surface area contributed by atoms with Gasteiger partial charge in [0.15, 0.2) is 5.75 Å². The van der Waals surface area contributed by atoms with E-state index in [-0.39, 0.29) is 12.3 Å². The Morgan fingerprint density at radius 3 is 2.71 bits per heavy atom. The maximum Gasteiger partial charge on any atom is 0.157 e. The van der Waals surface area contributed by atoms with Gasteiger partial charge in [-0.2, -0.15) is 5.10 Å². The molecule has 0 fully saturated rings. The molecule has 0 spiro atoms. The van der Waals surface area contributed by atoms with Crippen molar-refractivity contribution in [2.24, 2.45) is 0 Å². The highest BCUT2D eigenvalue weighted by Gasteiger charge is 2.16. The van der Waals surface area contributed by atoms with Gasteiger partial charge >= 0.3 is 0 Å². The Morgan fingerprint density at radius 1 is 1.43 bits per heavy atom. The summed E-state index contributed by atoms with van der Waals surface area (Å²) in [7, 11) is 0. The van der Waals surface area contributed by atoms with E-state index in [2.05, 4.69) is 21.0 Å². The first-order chi connectivity index (χ1) is 9.97. The van der Waals surface area contributed by atoms with E-state index in [1.807, 2.05) is 13.8 Å². The van der Waals surface area contributed by atoms with Crippen molar-refractivity contribution in [3.05, 3.63) is 38.8 Å². The number of halogens is 3. The predicted molar refractivity (Wildman–Crippen MR) is 85.1 cm³/mol. The molecule has 4 nitrogen and oxygen atoms in total. The van der Waals surface area contributed by atoms with Crippen LogP contribution in [0.3, 0.4) is 0 Å². The van der Waals surface area contributed by atoms with Crippen molar-refractivity contribution >= 4 is 33.2 Å². The number of nitrogen functional groups attached to an aromatic ring is 1. The Kier molecular flexibility index (Phi) is 5.11. The molecule has 0 aliphatic rings. The first kappa shape index (κ1) is 16.1. The molecule has 0 aliphatic heterocycles. The van der Waals surface area contributed by atoms with Crippen LogP contribution >= 0.6 is 27.5 Å². The normalized spacial score (nSPS) is 10.9. The number of benzene rings is 1. The molecule has 7 heteroatoms. The average molecular weight is 377 g/mol. The maximum atomic E-state index is 13.2. The van der Waals surface area contributed by atoms with Crippen LogP contribution in [0.4, 0.5) is 10.1 Å². The molecule has 2 aromatic rings. The summed E-state index contributed by atoms with van der Waals surface area (Å²) in [4.78, 5) is 0. The fourth-order valence-corrected chi connectivity index (χ4v) is 2.91. The van der Waals surface area contributed by atoms with Crippen LogP contribution in [0.15, 0.2) is 16.6 Å². The molecule has 0 bridgehead atoms. The van der Waals surface area contributed by atoms with Gasteiger partial charge in [-0.15, -0.1) is 0 Å². The number of nitrogens with two attached hydrogens (primary N) is 1. The molecule has 0 saturated heterocycles. The highest BCUT2D eigenvalue weighted by Crippen LogP contribution is 2.33. The van der Waals surface area contributed by atoms with Gasteiger partial charge in [0.05, 0.1) is 26.6 Å². The zero-order valence-corrected chi connectivity index (χ0v) is 14.1. The molecule has 0 saturated carbocycles. The van der Waals surface area contributed by atoms with Gasteiger partial charge in [-0.3, -0.25) is 4.68 Å². The van der Waals surface area contributed by atoms with Crippen LogP contribution in [0.2, 0.25) is 5.02 Å². The lowest BCUT2D eigenvalue weighted by Gasteiger charge is -2.12. The lowest BCUT2D eigenvalue weighted by Crippen LogP contribution is -2.08. The zero-order valence-electron chi connectivity index (χ0n) is 11.8. The Morgan fingerprint density at radius 2 is 2.14 bits per heavy atom. The Bertz CT molecular complexity index is 637. The molecule has 21 heavy (non-hydrogen) atoms. The van der Waals surface area contributed by atoms with Crippen LogP contribution in [0.1, 0.15) is 25.2 Å². The van der Waals surface area contributed by atoms with Gasteiger partial charge in [0, 0.05) is 12.6 Å². The van der Waals surface area contributed by atoms with Gasteiger partial charge in [-0.25, -0.2) is 4.39 Å². The summed E-state index contributed by atoms with van der Waals surface area (Å²) >= 11 is 9.56. The summed E-state index contributed by atoms with van der Waals surface area (Å²) in [5.74, 6) is -0.0222. The molecule has 0 amide bonds. The lowest BCUT2D eigenvalue weighted by molar-refractivity contribution is 0.292. The van der Waals surface area contributed by atoms with Gasteiger partial charge in [0.1, 0.15) is 12.4 Å². The monoisotopic (exact) mass is 375 g/mol. The number of hydrogen-bond donors (Lipinski definition) is 1. The van der Waals surface area contributed by atoms with Crippen LogP contribution in [0.25, 0.3) is 0 Å². The SMILES string of the molecule is CCc1nn(CC)c(COc2c(N)cc(F)cc2Br)c1Cl. The highest BCUT2D eigenvalue weighted by atomic mass is 79.9. The van der Waals surface area contributed by atoms with Crippen LogP contribution < -0.4 is 10.5 Å². The number of hydrogen-bond acceptors (Lipinski definition) is 3. The Hall–Kier alpha value is -1.27. The summed E-state index contributed by atoms with van der Waals surface area (Å²) in [6.45, 7) is 4.88.